The average Bonchev–Trinajstić information content (AvgIpc) is 3.69. The second-order valence-corrected chi connectivity index (χ2v) is 11.1. The molecule has 7 nitrogen and oxygen atoms in total. The fourth-order valence-electron chi connectivity index (χ4n) is 5.42. The lowest BCUT2D eigenvalue weighted by atomic mass is 9.95. The van der Waals surface area contributed by atoms with Gasteiger partial charge in [0.2, 0.25) is 0 Å². The van der Waals surface area contributed by atoms with E-state index in [1.165, 1.54) is 19.3 Å². The van der Waals surface area contributed by atoms with Gasteiger partial charge in [0, 0.05) is 17.0 Å². The van der Waals surface area contributed by atoms with Gasteiger partial charge in [-0.3, -0.25) is 4.79 Å². The third-order valence-electron chi connectivity index (χ3n) is 7.35. The van der Waals surface area contributed by atoms with E-state index in [1.54, 1.807) is 36.0 Å². The molecule has 0 spiro atoms. The third-order valence-corrected chi connectivity index (χ3v) is 8.14. The number of carbonyl (C=O) groups is 1. The van der Waals surface area contributed by atoms with Crippen LogP contribution in [-0.2, 0) is 6.42 Å². The zero-order valence-corrected chi connectivity index (χ0v) is 22.1. The van der Waals surface area contributed by atoms with Gasteiger partial charge in [-0.2, -0.15) is 0 Å². The molecule has 6 rings (SSSR count). The van der Waals surface area contributed by atoms with Gasteiger partial charge in [0.05, 0.1) is 39.6 Å². The van der Waals surface area contributed by atoms with Gasteiger partial charge in [0.25, 0.3) is 5.91 Å². The van der Waals surface area contributed by atoms with Crippen LogP contribution >= 0.6 is 11.3 Å². The van der Waals surface area contributed by atoms with Gasteiger partial charge in [-0.05, 0) is 68.1 Å². The monoisotopic (exact) mass is 526 g/mol. The van der Waals surface area contributed by atoms with Gasteiger partial charge in [0.15, 0.2) is 0 Å². The standard InChI is InChI=1S/C30H30N4O3S/c1-19-31-27(18-38-19)25(15-20-7-10-24(35)11-8-20)33-30(36)21-9-12-28-26(16-21)32-29(22-13-14-37-17-22)34(28)23-5-3-2-4-6-23/h7-14,16-18,23,25,35H,2-6,15H2,1H3,(H,33,36)/t25-/m0/s1. The molecule has 0 unspecified atom stereocenters. The summed E-state index contributed by atoms with van der Waals surface area (Å²) in [5.74, 6) is 0.939. The number of hydrogen-bond donors (Lipinski definition) is 2. The second kappa shape index (κ2) is 10.5. The molecule has 3 heterocycles. The summed E-state index contributed by atoms with van der Waals surface area (Å²) < 4.78 is 7.72. The highest BCUT2D eigenvalue weighted by Gasteiger charge is 2.24. The first kappa shape index (κ1) is 24.4. The number of aryl methyl sites for hydroxylation is 1. The van der Waals surface area contributed by atoms with E-state index in [1.807, 2.05) is 48.7 Å². The number of imidazole rings is 1. The van der Waals surface area contributed by atoms with Gasteiger partial charge in [-0.1, -0.05) is 31.4 Å². The van der Waals surface area contributed by atoms with E-state index in [4.69, 9.17) is 9.40 Å². The van der Waals surface area contributed by atoms with Crippen LogP contribution in [0, 0.1) is 6.92 Å². The van der Waals surface area contributed by atoms with Gasteiger partial charge in [-0.25, -0.2) is 9.97 Å². The highest BCUT2D eigenvalue weighted by atomic mass is 32.1. The van der Waals surface area contributed by atoms with Crippen LogP contribution < -0.4 is 5.32 Å². The number of hydrogen-bond acceptors (Lipinski definition) is 6. The number of nitrogens with one attached hydrogen (secondary N) is 1. The second-order valence-electron chi connectivity index (χ2n) is 10.0. The largest absolute Gasteiger partial charge is 0.508 e. The maximum absolute atomic E-state index is 13.5. The molecule has 3 aromatic heterocycles. The molecule has 5 aromatic rings. The number of aromatic nitrogens is 3. The Morgan fingerprint density at radius 1 is 1.13 bits per heavy atom. The Balaban J connectivity index is 1.32. The first-order valence-corrected chi connectivity index (χ1v) is 14.0. The Morgan fingerprint density at radius 2 is 1.95 bits per heavy atom. The van der Waals surface area contributed by atoms with E-state index >= 15 is 0 Å². The van der Waals surface area contributed by atoms with Crippen LogP contribution in [0.25, 0.3) is 22.4 Å². The highest BCUT2D eigenvalue weighted by Crippen LogP contribution is 2.36. The molecule has 1 amide bonds. The quantitative estimate of drug-likeness (QED) is 0.238. The fourth-order valence-corrected chi connectivity index (χ4v) is 6.09. The van der Waals surface area contributed by atoms with Crippen LogP contribution in [0.2, 0.25) is 0 Å². The molecule has 0 aliphatic heterocycles. The van der Waals surface area contributed by atoms with Crippen LogP contribution in [0.1, 0.15) is 70.8 Å². The van der Waals surface area contributed by atoms with Crippen molar-refractivity contribution in [2.24, 2.45) is 0 Å². The fraction of sp³-hybridized carbons (Fsp3) is 0.300. The first-order valence-electron chi connectivity index (χ1n) is 13.1. The van der Waals surface area contributed by atoms with Gasteiger partial charge < -0.3 is 19.4 Å². The molecule has 1 aliphatic carbocycles. The minimum Gasteiger partial charge on any atom is -0.508 e. The molecule has 2 N–H and O–H groups in total. The van der Waals surface area contributed by atoms with Crippen LogP contribution in [0.5, 0.6) is 5.75 Å². The van der Waals surface area contributed by atoms with Crippen LogP contribution in [-0.4, -0.2) is 25.5 Å². The summed E-state index contributed by atoms with van der Waals surface area (Å²) in [6.07, 6.45) is 9.94. The van der Waals surface area contributed by atoms with Crippen molar-refractivity contribution in [3.05, 3.63) is 88.3 Å². The van der Waals surface area contributed by atoms with E-state index in [0.29, 0.717) is 18.0 Å². The van der Waals surface area contributed by atoms with Crippen LogP contribution in [0.3, 0.4) is 0 Å². The van der Waals surface area contributed by atoms with Crippen molar-refractivity contribution < 1.29 is 14.3 Å². The average molecular weight is 527 g/mol. The predicted octanol–water partition coefficient (Wildman–Crippen LogP) is 6.99. The highest BCUT2D eigenvalue weighted by molar-refractivity contribution is 7.09. The Morgan fingerprint density at radius 3 is 2.66 bits per heavy atom. The number of fused-ring (bicyclic) bond motifs is 1. The Hall–Kier alpha value is -3.91. The summed E-state index contributed by atoms with van der Waals surface area (Å²) in [6.45, 7) is 1.96. The topological polar surface area (TPSA) is 93.2 Å². The summed E-state index contributed by atoms with van der Waals surface area (Å²) >= 11 is 1.56. The van der Waals surface area contributed by atoms with Gasteiger partial charge >= 0.3 is 0 Å². The lowest BCUT2D eigenvalue weighted by molar-refractivity contribution is 0.0936. The zero-order valence-electron chi connectivity index (χ0n) is 21.3. The summed E-state index contributed by atoms with van der Waals surface area (Å²) in [5, 5.41) is 15.8. The molecule has 194 valence electrons. The lowest BCUT2D eigenvalue weighted by Crippen LogP contribution is -2.30. The van der Waals surface area contributed by atoms with Crippen molar-refractivity contribution in [2.75, 3.05) is 0 Å². The van der Waals surface area contributed by atoms with Crippen molar-refractivity contribution in [2.45, 2.75) is 57.5 Å². The number of phenols is 1. The number of nitrogens with zero attached hydrogens (tertiary/aromatic N) is 3. The molecule has 0 bridgehead atoms. The molecule has 1 saturated carbocycles. The number of furan rings is 1. The van der Waals surface area contributed by atoms with E-state index in [9.17, 15) is 9.90 Å². The van der Waals surface area contributed by atoms with Crippen LogP contribution in [0.4, 0.5) is 0 Å². The van der Waals surface area contributed by atoms with Crippen molar-refractivity contribution in [1.29, 1.82) is 0 Å². The molecule has 1 aliphatic rings. The predicted molar refractivity (Wildman–Crippen MR) is 148 cm³/mol. The smallest absolute Gasteiger partial charge is 0.251 e. The molecule has 0 saturated heterocycles. The molecule has 1 fully saturated rings. The van der Waals surface area contributed by atoms with Crippen molar-refractivity contribution in [3.8, 4) is 17.1 Å². The number of aromatic hydroxyl groups is 1. The number of phenolic OH excluding ortho intramolecular Hbond substituents is 1. The maximum atomic E-state index is 13.5. The van der Waals surface area contributed by atoms with E-state index in [2.05, 4.69) is 14.9 Å². The Labute approximate surface area is 225 Å². The Bertz CT molecular complexity index is 1550. The third kappa shape index (κ3) is 4.96. The van der Waals surface area contributed by atoms with E-state index in [-0.39, 0.29) is 17.7 Å². The zero-order chi connectivity index (χ0) is 26.1. The minimum absolute atomic E-state index is 0.168. The SMILES string of the molecule is Cc1nc([C@H](Cc2ccc(O)cc2)NC(=O)c2ccc3c(c2)nc(-c2ccoc2)n3C2CCCCC2)cs1. The van der Waals surface area contributed by atoms with E-state index < -0.39 is 0 Å². The van der Waals surface area contributed by atoms with Gasteiger partial charge in [-0.15, -0.1) is 11.3 Å². The molecule has 38 heavy (non-hydrogen) atoms. The van der Waals surface area contributed by atoms with Crippen molar-refractivity contribution in [1.82, 2.24) is 19.9 Å². The Kier molecular flexibility index (Phi) is 6.72. The normalized spacial score (nSPS) is 15.1. The van der Waals surface area contributed by atoms with Crippen molar-refractivity contribution in [3.63, 3.8) is 0 Å². The summed E-state index contributed by atoms with van der Waals surface area (Å²) in [7, 11) is 0. The number of amides is 1. The summed E-state index contributed by atoms with van der Waals surface area (Å²) in [6, 6.07) is 14.9. The lowest BCUT2D eigenvalue weighted by Gasteiger charge is -2.25. The molecule has 0 radical (unpaired) electrons. The first-order chi connectivity index (χ1) is 18.5. The number of carbonyl (C=O) groups excluding carboxylic acids is 1. The van der Waals surface area contributed by atoms with Crippen LogP contribution in [0.15, 0.2) is 70.9 Å². The summed E-state index contributed by atoms with van der Waals surface area (Å²) in [4.78, 5) is 23.1. The number of benzene rings is 2. The number of rotatable bonds is 7. The summed E-state index contributed by atoms with van der Waals surface area (Å²) in [5.41, 5.74) is 5.20. The number of thiazole rings is 1. The molecular formula is C30H30N4O3S. The van der Waals surface area contributed by atoms with Gasteiger partial charge in [0.1, 0.15) is 17.8 Å². The molecular weight excluding hydrogens is 496 g/mol. The van der Waals surface area contributed by atoms with E-state index in [0.717, 1.165) is 51.5 Å². The van der Waals surface area contributed by atoms with Crippen molar-refractivity contribution >= 4 is 28.3 Å². The minimum atomic E-state index is -0.297. The molecule has 2 aromatic carbocycles. The molecule has 1 atom stereocenters. The molecule has 8 heteroatoms. The maximum Gasteiger partial charge on any atom is 0.251 e.